The smallest absolute Gasteiger partial charge is 0.241 e. The molecule has 1 aromatic carbocycles. The van der Waals surface area contributed by atoms with E-state index in [1.807, 2.05) is 6.07 Å². The molecule has 0 amide bonds. The molecule has 2 aromatic rings. The van der Waals surface area contributed by atoms with Crippen molar-refractivity contribution in [2.24, 2.45) is 5.92 Å². The molecule has 2 unspecified atom stereocenters. The summed E-state index contributed by atoms with van der Waals surface area (Å²) in [5.74, 6) is 1.89. The molecule has 2 fully saturated rings. The van der Waals surface area contributed by atoms with Gasteiger partial charge >= 0.3 is 0 Å². The zero-order chi connectivity index (χ0) is 22.7. The molecule has 0 spiro atoms. The number of nitrogens with zero attached hydrogens (tertiary/aromatic N) is 1. The van der Waals surface area contributed by atoms with Gasteiger partial charge in [-0.2, -0.15) is 11.3 Å². The van der Waals surface area contributed by atoms with Crippen molar-refractivity contribution in [3.05, 3.63) is 52.0 Å². The predicted molar refractivity (Wildman–Crippen MR) is 127 cm³/mol. The van der Waals surface area contributed by atoms with E-state index in [1.54, 1.807) is 29.0 Å². The van der Waals surface area contributed by atoms with Crippen LogP contribution in [0, 0.1) is 17.1 Å². The number of thiophene rings is 1. The summed E-state index contributed by atoms with van der Waals surface area (Å²) < 4.78 is 37.6. The highest BCUT2D eigenvalue weighted by molar-refractivity contribution is 7.89. The molecular formula is C24H32FN3O2S2. The summed E-state index contributed by atoms with van der Waals surface area (Å²) in [6.45, 7) is 1.08. The van der Waals surface area contributed by atoms with Crippen LogP contribution >= 0.6 is 11.3 Å². The average Bonchev–Trinajstić information content (AvgIpc) is 3.44. The molecule has 174 valence electrons. The maximum atomic E-state index is 13.4. The second-order valence-corrected chi connectivity index (χ2v) is 11.7. The van der Waals surface area contributed by atoms with E-state index in [0.717, 1.165) is 37.6 Å². The molecule has 1 aromatic heterocycles. The number of amidine groups is 1. The van der Waals surface area contributed by atoms with Crippen molar-refractivity contribution in [1.29, 1.82) is 5.41 Å². The van der Waals surface area contributed by atoms with Gasteiger partial charge in [0.1, 0.15) is 5.82 Å². The van der Waals surface area contributed by atoms with E-state index in [-0.39, 0.29) is 5.82 Å². The fraction of sp³-hybridized carbons (Fsp3) is 0.542. The normalized spacial score (nSPS) is 23.3. The van der Waals surface area contributed by atoms with Crippen molar-refractivity contribution in [3.8, 4) is 0 Å². The van der Waals surface area contributed by atoms with Crippen molar-refractivity contribution in [2.45, 2.75) is 68.2 Å². The Morgan fingerprint density at radius 2 is 1.97 bits per heavy atom. The Morgan fingerprint density at radius 3 is 2.66 bits per heavy atom. The van der Waals surface area contributed by atoms with Crippen LogP contribution < -0.4 is 4.72 Å². The van der Waals surface area contributed by atoms with Crippen LogP contribution in [0.25, 0.3) is 0 Å². The third kappa shape index (κ3) is 5.07. The first kappa shape index (κ1) is 23.4. The Hall–Kier alpha value is -1.77. The third-order valence-electron chi connectivity index (χ3n) is 7.09. The van der Waals surface area contributed by atoms with Crippen molar-refractivity contribution in [1.82, 2.24) is 9.62 Å². The maximum Gasteiger partial charge on any atom is 0.241 e. The molecule has 5 rings (SSSR count). The average molecular weight is 478 g/mol. The first-order chi connectivity index (χ1) is 15.4. The van der Waals surface area contributed by atoms with E-state index in [9.17, 15) is 12.8 Å². The Labute approximate surface area is 194 Å². The molecule has 2 aliphatic carbocycles. The van der Waals surface area contributed by atoms with Crippen LogP contribution in [-0.4, -0.2) is 38.8 Å². The standard InChI is InChI=1S/C19H25FN2.C5H7NO2S2/c20-15-7-8-16-14(10-15)6-9-18-17(16)11-19(21)22(18)12-13-4-2-1-3-5-13;1-6-10(7,8)5-2-3-9-4-5/h7-8,10,13,17-18,21H,1-6,9,11-12H2;2-4,6H,1H3. The number of hydrogen-bond donors (Lipinski definition) is 2. The zero-order valence-corrected chi connectivity index (χ0v) is 20.2. The molecule has 1 aliphatic heterocycles. The van der Waals surface area contributed by atoms with Gasteiger partial charge in [0.15, 0.2) is 0 Å². The molecule has 5 nitrogen and oxygen atoms in total. The lowest BCUT2D eigenvalue weighted by Gasteiger charge is -2.36. The molecular weight excluding hydrogens is 445 g/mol. The number of aryl methyl sites for hydroxylation is 1. The summed E-state index contributed by atoms with van der Waals surface area (Å²) in [6, 6.07) is 7.32. The lowest BCUT2D eigenvalue weighted by atomic mass is 9.79. The molecule has 0 bridgehead atoms. The quantitative estimate of drug-likeness (QED) is 0.640. The fourth-order valence-electron chi connectivity index (χ4n) is 5.43. The van der Waals surface area contributed by atoms with Gasteiger partial charge in [0.25, 0.3) is 0 Å². The second-order valence-electron chi connectivity index (χ2n) is 9.03. The topological polar surface area (TPSA) is 73.3 Å². The lowest BCUT2D eigenvalue weighted by Crippen LogP contribution is -2.40. The van der Waals surface area contributed by atoms with Gasteiger partial charge in [-0.15, -0.1) is 0 Å². The molecule has 2 N–H and O–H groups in total. The highest BCUT2D eigenvalue weighted by Crippen LogP contribution is 2.43. The van der Waals surface area contributed by atoms with Gasteiger partial charge in [0.05, 0.1) is 10.7 Å². The summed E-state index contributed by atoms with van der Waals surface area (Å²) in [5, 5.41) is 11.8. The molecule has 1 saturated heterocycles. The Balaban J connectivity index is 0.000000207. The molecule has 3 aliphatic rings. The number of sulfonamides is 1. The van der Waals surface area contributed by atoms with Crippen molar-refractivity contribution in [2.75, 3.05) is 13.6 Å². The number of halogens is 1. The van der Waals surface area contributed by atoms with Crippen LogP contribution in [0.3, 0.4) is 0 Å². The monoisotopic (exact) mass is 477 g/mol. The third-order valence-corrected chi connectivity index (χ3v) is 9.34. The Bertz CT molecular complexity index is 1030. The van der Waals surface area contributed by atoms with Crippen LogP contribution in [0.1, 0.15) is 62.0 Å². The zero-order valence-electron chi connectivity index (χ0n) is 18.5. The summed E-state index contributed by atoms with van der Waals surface area (Å²) >= 11 is 1.36. The molecule has 1 saturated carbocycles. The largest absolute Gasteiger partial charge is 0.357 e. The SMILES string of the molecule is CNS(=O)(=O)c1ccsc1.N=C1CC2c3ccc(F)cc3CCC2N1CC1CCCCC1. The van der Waals surface area contributed by atoms with Gasteiger partial charge in [-0.1, -0.05) is 25.3 Å². The van der Waals surface area contributed by atoms with E-state index in [1.165, 1.54) is 61.6 Å². The van der Waals surface area contributed by atoms with Gasteiger partial charge in [-0.05, 0) is 73.4 Å². The minimum Gasteiger partial charge on any atom is -0.357 e. The number of hydrogen-bond acceptors (Lipinski definition) is 4. The number of fused-ring (bicyclic) bond motifs is 3. The fourth-order valence-corrected chi connectivity index (χ4v) is 7.18. The summed E-state index contributed by atoms with van der Waals surface area (Å²) in [5.41, 5.74) is 2.47. The Morgan fingerprint density at radius 1 is 1.19 bits per heavy atom. The van der Waals surface area contributed by atoms with E-state index >= 15 is 0 Å². The minimum absolute atomic E-state index is 0.121. The van der Waals surface area contributed by atoms with E-state index in [0.29, 0.717) is 16.9 Å². The first-order valence-electron chi connectivity index (χ1n) is 11.5. The summed E-state index contributed by atoms with van der Waals surface area (Å²) in [6.07, 6.45) is 9.67. The van der Waals surface area contributed by atoms with Crippen LogP contribution in [0.2, 0.25) is 0 Å². The summed E-state index contributed by atoms with van der Waals surface area (Å²) in [7, 11) is -1.80. The van der Waals surface area contributed by atoms with Crippen molar-refractivity contribution >= 4 is 27.2 Å². The first-order valence-corrected chi connectivity index (χ1v) is 13.9. The summed E-state index contributed by atoms with van der Waals surface area (Å²) in [4.78, 5) is 2.73. The number of nitrogens with one attached hydrogen (secondary N) is 2. The van der Waals surface area contributed by atoms with Gasteiger partial charge in [0, 0.05) is 30.3 Å². The van der Waals surface area contributed by atoms with Gasteiger partial charge in [-0.3, -0.25) is 5.41 Å². The number of rotatable bonds is 4. The van der Waals surface area contributed by atoms with Crippen LogP contribution in [0.4, 0.5) is 4.39 Å². The van der Waals surface area contributed by atoms with E-state index in [4.69, 9.17) is 5.41 Å². The number of benzene rings is 1. The van der Waals surface area contributed by atoms with Crippen molar-refractivity contribution < 1.29 is 12.8 Å². The maximum absolute atomic E-state index is 13.4. The molecule has 32 heavy (non-hydrogen) atoms. The van der Waals surface area contributed by atoms with Crippen LogP contribution in [0.5, 0.6) is 0 Å². The van der Waals surface area contributed by atoms with Gasteiger partial charge in [-0.25, -0.2) is 17.5 Å². The Kier molecular flexibility index (Phi) is 7.32. The van der Waals surface area contributed by atoms with E-state index < -0.39 is 10.0 Å². The predicted octanol–water partition coefficient (Wildman–Crippen LogP) is 5.14. The highest BCUT2D eigenvalue weighted by Gasteiger charge is 2.42. The highest BCUT2D eigenvalue weighted by atomic mass is 32.2. The van der Waals surface area contributed by atoms with Crippen molar-refractivity contribution in [3.63, 3.8) is 0 Å². The van der Waals surface area contributed by atoms with E-state index in [2.05, 4.69) is 9.62 Å². The molecule has 0 radical (unpaired) electrons. The molecule has 8 heteroatoms. The second kappa shape index (κ2) is 10.0. The number of likely N-dealkylation sites (tertiary alicyclic amines) is 1. The molecule has 2 heterocycles. The minimum atomic E-state index is -3.19. The lowest BCUT2D eigenvalue weighted by molar-refractivity contribution is 0.220. The van der Waals surface area contributed by atoms with Crippen LogP contribution in [-0.2, 0) is 16.4 Å². The van der Waals surface area contributed by atoms with Crippen LogP contribution in [0.15, 0.2) is 39.9 Å². The molecule has 2 atom stereocenters. The van der Waals surface area contributed by atoms with Gasteiger partial charge in [0.2, 0.25) is 10.0 Å². The van der Waals surface area contributed by atoms with Gasteiger partial charge < -0.3 is 4.90 Å².